The maximum absolute atomic E-state index is 12.8. The van der Waals surface area contributed by atoms with Crippen molar-refractivity contribution in [3.63, 3.8) is 0 Å². The molecular weight excluding hydrogens is 450 g/mol. The molecule has 0 aliphatic rings. The van der Waals surface area contributed by atoms with Gasteiger partial charge >= 0.3 is 5.97 Å². The fourth-order valence-electron chi connectivity index (χ4n) is 3.50. The summed E-state index contributed by atoms with van der Waals surface area (Å²) in [4.78, 5) is 47.8. The maximum atomic E-state index is 12.8. The molecule has 10 heteroatoms. The van der Waals surface area contributed by atoms with E-state index in [-0.39, 0.29) is 28.4 Å². The Hall–Kier alpha value is -4.24. The standard InChI is InChI=1S/C23H16ClN3O6/c24-17-10-9-14(11-20(17)27(31)32)25-21(28)13-33-22(29)12-26-18-7-3-1-5-15(18)23(30)16-6-2-4-8-19(16)26/h1-11H,12-13H2,(H,25,28). The third-order valence-electron chi connectivity index (χ3n) is 4.96. The van der Waals surface area contributed by atoms with Crippen molar-refractivity contribution in [2.45, 2.75) is 6.54 Å². The fraction of sp³-hybridized carbons (Fsp3) is 0.0870. The first-order valence-corrected chi connectivity index (χ1v) is 10.1. The Morgan fingerprint density at radius 2 is 1.61 bits per heavy atom. The lowest BCUT2D eigenvalue weighted by atomic mass is 10.1. The van der Waals surface area contributed by atoms with E-state index in [0.717, 1.165) is 6.07 Å². The fourth-order valence-corrected chi connectivity index (χ4v) is 3.68. The highest BCUT2D eigenvalue weighted by Gasteiger charge is 2.16. The quantitative estimate of drug-likeness (QED) is 0.199. The molecule has 0 aliphatic carbocycles. The van der Waals surface area contributed by atoms with Crippen molar-refractivity contribution >= 4 is 56.7 Å². The molecule has 0 saturated carbocycles. The molecule has 0 saturated heterocycles. The second-order valence-electron chi connectivity index (χ2n) is 7.08. The van der Waals surface area contributed by atoms with Crippen LogP contribution < -0.4 is 10.7 Å². The number of halogens is 1. The highest BCUT2D eigenvalue weighted by molar-refractivity contribution is 6.32. The molecule has 4 rings (SSSR count). The number of nitro groups is 1. The Labute approximate surface area is 191 Å². The summed E-state index contributed by atoms with van der Waals surface area (Å²) in [6.45, 7) is -0.813. The lowest BCUT2D eigenvalue weighted by molar-refractivity contribution is -0.384. The largest absolute Gasteiger partial charge is 0.454 e. The van der Waals surface area contributed by atoms with E-state index in [9.17, 15) is 24.5 Å². The number of carbonyl (C=O) groups excluding carboxylic acids is 2. The Morgan fingerprint density at radius 3 is 2.21 bits per heavy atom. The van der Waals surface area contributed by atoms with Gasteiger partial charge in [0.05, 0.1) is 16.0 Å². The Balaban J connectivity index is 1.50. The van der Waals surface area contributed by atoms with Gasteiger partial charge in [-0.05, 0) is 36.4 Å². The normalized spacial score (nSPS) is 10.8. The van der Waals surface area contributed by atoms with Crippen LogP contribution in [0.15, 0.2) is 71.5 Å². The number of nitrogens with one attached hydrogen (secondary N) is 1. The van der Waals surface area contributed by atoms with E-state index in [1.807, 2.05) is 0 Å². The summed E-state index contributed by atoms with van der Waals surface area (Å²) >= 11 is 5.75. The number of aromatic nitrogens is 1. The number of para-hydroxylation sites is 2. The van der Waals surface area contributed by atoms with Gasteiger partial charge in [0.15, 0.2) is 12.0 Å². The lowest BCUT2D eigenvalue weighted by Crippen LogP contribution is -2.24. The minimum absolute atomic E-state index is 0.0648. The number of hydrogen-bond donors (Lipinski definition) is 1. The SMILES string of the molecule is O=C(COC(=O)Cn1c2ccccc2c(=O)c2ccccc21)Nc1ccc(Cl)c([N+](=O)[O-])c1. The number of hydrogen-bond acceptors (Lipinski definition) is 6. The highest BCUT2D eigenvalue weighted by atomic mass is 35.5. The van der Waals surface area contributed by atoms with Crippen LogP contribution in [-0.4, -0.2) is 28.0 Å². The molecule has 9 nitrogen and oxygen atoms in total. The van der Waals surface area contributed by atoms with Gasteiger partial charge in [-0.1, -0.05) is 35.9 Å². The molecule has 0 fully saturated rings. The van der Waals surface area contributed by atoms with E-state index in [0.29, 0.717) is 21.8 Å². The van der Waals surface area contributed by atoms with Crippen molar-refractivity contribution in [2.75, 3.05) is 11.9 Å². The van der Waals surface area contributed by atoms with Crippen LogP contribution in [0.2, 0.25) is 5.02 Å². The van der Waals surface area contributed by atoms with Gasteiger partial charge in [0.2, 0.25) is 0 Å². The maximum Gasteiger partial charge on any atom is 0.326 e. The van der Waals surface area contributed by atoms with Gasteiger partial charge in [-0.2, -0.15) is 0 Å². The topological polar surface area (TPSA) is 121 Å². The number of nitrogens with zero attached hydrogens (tertiary/aromatic N) is 2. The van der Waals surface area contributed by atoms with Crippen LogP contribution in [-0.2, 0) is 20.9 Å². The Morgan fingerprint density at radius 1 is 1.00 bits per heavy atom. The minimum atomic E-state index is -0.689. The number of rotatable bonds is 6. The molecule has 0 spiro atoms. The van der Waals surface area contributed by atoms with E-state index in [1.165, 1.54) is 12.1 Å². The van der Waals surface area contributed by atoms with E-state index < -0.39 is 23.4 Å². The number of benzene rings is 3. The Bertz CT molecular complexity index is 1420. The van der Waals surface area contributed by atoms with Gasteiger partial charge in [-0.3, -0.25) is 24.5 Å². The van der Waals surface area contributed by atoms with Crippen molar-refractivity contribution < 1.29 is 19.2 Å². The monoisotopic (exact) mass is 465 g/mol. The zero-order valence-electron chi connectivity index (χ0n) is 17.0. The number of nitro benzene ring substituents is 1. The first-order valence-electron chi connectivity index (χ1n) is 9.75. The summed E-state index contributed by atoms with van der Waals surface area (Å²) in [5.41, 5.74) is 0.780. The minimum Gasteiger partial charge on any atom is -0.454 e. The zero-order chi connectivity index (χ0) is 23.5. The van der Waals surface area contributed by atoms with Gasteiger partial charge in [0.1, 0.15) is 11.6 Å². The molecule has 33 heavy (non-hydrogen) atoms. The van der Waals surface area contributed by atoms with E-state index in [2.05, 4.69) is 5.32 Å². The third-order valence-corrected chi connectivity index (χ3v) is 5.28. The first-order chi connectivity index (χ1) is 15.8. The summed E-state index contributed by atoms with van der Waals surface area (Å²) in [7, 11) is 0. The van der Waals surface area contributed by atoms with Crippen molar-refractivity contribution in [1.29, 1.82) is 0 Å². The number of pyridine rings is 1. The molecule has 4 aromatic rings. The summed E-state index contributed by atoms with van der Waals surface area (Å²) < 4.78 is 6.76. The van der Waals surface area contributed by atoms with Gasteiger partial charge in [0.25, 0.3) is 11.6 Å². The van der Waals surface area contributed by atoms with E-state index in [1.54, 1.807) is 53.1 Å². The summed E-state index contributed by atoms with van der Waals surface area (Å²) in [5.74, 6) is -1.36. The Kier molecular flexibility index (Phi) is 6.05. The molecule has 0 atom stereocenters. The van der Waals surface area contributed by atoms with E-state index in [4.69, 9.17) is 16.3 Å². The zero-order valence-corrected chi connectivity index (χ0v) is 17.7. The van der Waals surface area contributed by atoms with Crippen LogP contribution in [0.5, 0.6) is 0 Å². The number of carbonyl (C=O) groups is 2. The molecule has 1 aromatic heterocycles. The van der Waals surface area contributed by atoms with Gasteiger partial charge in [0, 0.05) is 22.5 Å². The summed E-state index contributed by atoms with van der Waals surface area (Å²) in [5, 5.41) is 14.3. The predicted molar refractivity (Wildman–Crippen MR) is 123 cm³/mol. The number of amides is 1. The molecule has 0 bridgehead atoms. The molecule has 1 N–H and O–H groups in total. The predicted octanol–water partition coefficient (Wildman–Crippen LogP) is 3.90. The van der Waals surface area contributed by atoms with Crippen molar-refractivity contribution in [3.05, 3.63) is 92.1 Å². The van der Waals surface area contributed by atoms with E-state index >= 15 is 0 Å². The molecule has 0 unspecified atom stereocenters. The molecule has 3 aromatic carbocycles. The molecular formula is C23H16ClN3O6. The molecule has 1 heterocycles. The average Bonchev–Trinajstić information content (AvgIpc) is 2.81. The number of fused-ring (bicyclic) bond motifs is 2. The number of ether oxygens (including phenoxy) is 1. The molecule has 0 aliphatic heterocycles. The van der Waals surface area contributed by atoms with Crippen LogP contribution >= 0.6 is 11.6 Å². The smallest absolute Gasteiger partial charge is 0.326 e. The lowest BCUT2D eigenvalue weighted by Gasteiger charge is -2.14. The van der Waals surface area contributed by atoms with Crippen LogP contribution in [0, 0.1) is 10.1 Å². The van der Waals surface area contributed by atoms with Crippen molar-refractivity contribution in [3.8, 4) is 0 Å². The molecule has 166 valence electrons. The summed E-state index contributed by atoms with van der Waals surface area (Å²) in [6, 6.07) is 17.6. The third kappa shape index (κ3) is 4.53. The molecule has 1 amide bonds. The average molecular weight is 466 g/mol. The van der Waals surface area contributed by atoms with Crippen LogP contribution in [0.1, 0.15) is 0 Å². The number of anilines is 1. The van der Waals surface area contributed by atoms with Gasteiger partial charge in [-0.15, -0.1) is 0 Å². The van der Waals surface area contributed by atoms with Crippen molar-refractivity contribution in [2.24, 2.45) is 0 Å². The number of esters is 1. The van der Waals surface area contributed by atoms with Gasteiger partial charge in [-0.25, -0.2) is 0 Å². The highest BCUT2D eigenvalue weighted by Crippen LogP contribution is 2.27. The summed E-state index contributed by atoms with van der Waals surface area (Å²) in [6.07, 6.45) is 0. The first kappa shape index (κ1) is 22.0. The van der Waals surface area contributed by atoms with Crippen LogP contribution in [0.4, 0.5) is 11.4 Å². The molecule has 0 radical (unpaired) electrons. The van der Waals surface area contributed by atoms with Crippen LogP contribution in [0.3, 0.4) is 0 Å². The van der Waals surface area contributed by atoms with Crippen molar-refractivity contribution in [1.82, 2.24) is 4.57 Å². The second kappa shape index (κ2) is 9.09. The van der Waals surface area contributed by atoms with Crippen LogP contribution in [0.25, 0.3) is 21.8 Å². The van der Waals surface area contributed by atoms with Gasteiger partial charge < -0.3 is 14.6 Å². The second-order valence-corrected chi connectivity index (χ2v) is 7.49.